The van der Waals surface area contributed by atoms with Gasteiger partial charge in [0.2, 0.25) is 0 Å². The summed E-state index contributed by atoms with van der Waals surface area (Å²) < 4.78 is 10.3. The second-order valence-corrected chi connectivity index (χ2v) is 21.5. The fraction of sp³-hybridized carbons (Fsp3) is 0.233. The summed E-state index contributed by atoms with van der Waals surface area (Å²) in [5.41, 5.74) is 17.8. The third-order valence-corrected chi connectivity index (χ3v) is 14.7. The molecular weight excluding hydrogens is 777 g/mol. The van der Waals surface area contributed by atoms with Gasteiger partial charge in [0.25, 0.3) is 0 Å². The molecule has 0 fully saturated rings. The van der Waals surface area contributed by atoms with Crippen molar-refractivity contribution in [1.82, 2.24) is 17.9 Å². The molecule has 0 N–H and O–H groups in total. The Labute approximate surface area is 373 Å². The lowest BCUT2D eigenvalue weighted by atomic mass is 9.91. The molecule has 4 heteroatoms. The van der Waals surface area contributed by atoms with E-state index in [-0.39, 0.29) is 10.8 Å². The summed E-state index contributed by atoms with van der Waals surface area (Å²) in [6, 6.07) is 51.6. The van der Waals surface area contributed by atoms with Crippen LogP contribution in [-0.4, -0.2) is 17.9 Å². The maximum Gasteiger partial charge on any atom is 0.0618 e. The summed E-state index contributed by atoms with van der Waals surface area (Å²) in [7, 11) is 0. The summed E-state index contributed by atoms with van der Waals surface area (Å²) in [5, 5.41) is 13.2. The Bertz CT molecular complexity index is 3820. The highest BCUT2D eigenvalue weighted by molar-refractivity contribution is 6.37. The van der Waals surface area contributed by atoms with Crippen LogP contribution in [0.15, 0.2) is 133 Å². The minimum Gasteiger partial charge on any atom is -0.312 e. The van der Waals surface area contributed by atoms with Crippen LogP contribution in [0, 0.1) is 0 Å². The Hall–Kier alpha value is -6.78. The molecule has 64 heavy (non-hydrogen) atoms. The number of hydrogen-bond acceptors (Lipinski definition) is 0. The molecule has 6 aromatic heterocycles. The van der Waals surface area contributed by atoms with Crippen molar-refractivity contribution in [2.75, 3.05) is 0 Å². The maximum atomic E-state index is 2.63. The normalized spacial score (nSPS) is 13.4. The maximum absolute atomic E-state index is 2.63. The molecule has 4 nitrogen and oxygen atoms in total. The van der Waals surface area contributed by atoms with E-state index in [0.717, 1.165) is 0 Å². The van der Waals surface area contributed by atoms with E-state index in [1.165, 1.54) is 132 Å². The molecule has 0 bridgehead atoms. The van der Waals surface area contributed by atoms with Crippen molar-refractivity contribution >= 4 is 98.0 Å². The topological polar surface area (TPSA) is 18.7 Å². The number of aromatic nitrogens is 4. The molecule has 0 aliphatic rings. The minimum absolute atomic E-state index is 0.0916. The van der Waals surface area contributed by atoms with Crippen molar-refractivity contribution in [2.24, 2.45) is 0 Å². The molecule has 0 radical (unpaired) electrons. The van der Waals surface area contributed by atoms with Crippen LogP contribution in [0.2, 0.25) is 0 Å². The van der Waals surface area contributed by atoms with Crippen LogP contribution < -0.4 is 0 Å². The zero-order valence-corrected chi connectivity index (χ0v) is 38.6. The van der Waals surface area contributed by atoms with E-state index in [9.17, 15) is 0 Å². The summed E-state index contributed by atoms with van der Waals surface area (Å²) in [4.78, 5) is 0. The van der Waals surface area contributed by atoms with Crippen molar-refractivity contribution in [1.29, 1.82) is 0 Å². The highest BCUT2D eigenvalue weighted by atomic mass is 15.0. The van der Waals surface area contributed by atoms with Gasteiger partial charge in [-0.05, 0) is 95.8 Å². The van der Waals surface area contributed by atoms with Gasteiger partial charge in [-0.15, -0.1) is 0 Å². The van der Waals surface area contributed by atoms with Gasteiger partial charge in [-0.2, -0.15) is 0 Å². The zero-order valence-electron chi connectivity index (χ0n) is 38.6. The summed E-state index contributed by atoms with van der Waals surface area (Å²) in [6.45, 7) is 23.4. The number of para-hydroxylation sites is 2. The van der Waals surface area contributed by atoms with Gasteiger partial charge in [-0.1, -0.05) is 130 Å². The molecule has 314 valence electrons. The molecular formula is C60H54N4. The molecule has 6 heterocycles. The standard InChI is InChI=1S/C60H54N4/c1-33(2)35-17-15-19-39(25-35)61-45-23-13-11-21-41(45)53-49(61)27-37-29-51(59(5,6)7)63-47-32-48-44(31-43(47)55(53)57(37)63)56-54-42-22-12-14-24-46(42)62(40-20-16-18-36(26-40)34(3)4)50(54)28-38-30-52(60(8,9)10)64(48)58(38)56/h11-34H,1-10H3. The molecule has 0 aliphatic heterocycles. The first-order chi connectivity index (χ1) is 30.7. The Morgan fingerprint density at radius 3 is 1.19 bits per heavy atom. The van der Waals surface area contributed by atoms with Gasteiger partial charge in [-0.3, -0.25) is 0 Å². The van der Waals surface area contributed by atoms with Gasteiger partial charge in [0.1, 0.15) is 0 Å². The Balaban J connectivity index is 1.27. The number of rotatable bonds is 4. The number of nitrogens with zero attached hydrogens (tertiary/aromatic N) is 4. The molecule has 7 aromatic carbocycles. The number of fused-ring (bicyclic) bond motifs is 14. The number of hydrogen-bond donors (Lipinski definition) is 0. The van der Waals surface area contributed by atoms with Gasteiger partial charge in [-0.25, -0.2) is 0 Å². The first-order valence-corrected chi connectivity index (χ1v) is 23.3. The van der Waals surface area contributed by atoms with E-state index >= 15 is 0 Å². The van der Waals surface area contributed by atoms with Crippen LogP contribution in [0.5, 0.6) is 0 Å². The molecule has 0 amide bonds. The van der Waals surface area contributed by atoms with E-state index < -0.39 is 0 Å². The summed E-state index contributed by atoms with van der Waals surface area (Å²) >= 11 is 0. The minimum atomic E-state index is -0.0916. The van der Waals surface area contributed by atoms with E-state index in [4.69, 9.17) is 0 Å². The lowest BCUT2D eigenvalue weighted by Gasteiger charge is -2.19. The van der Waals surface area contributed by atoms with E-state index in [0.29, 0.717) is 11.8 Å². The molecule has 0 saturated heterocycles. The monoisotopic (exact) mass is 830 g/mol. The van der Waals surface area contributed by atoms with E-state index in [2.05, 4.69) is 221 Å². The van der Waals surface area contributed by atoms with Crippen LogP contribution in [0.4, 0.5) is 0 Å². The second kappa shape index (κ2) is 12.5. The lowest BCUT2D eigenvalue weighted by molar-refractivity contribution is 0.567. The van der Waals surface area contributed by atoms with Gasteiger partial charge >= 0.3 is 0 Å². The van der Waals surface area contributed by atoms with Gasteiger partial charge in [0.15, 0.2) is 0 Å². The second-order valence-electron chi connectivity index (χ2n) is 21.5. The van der Waals surface area contributed by atoms with Crippen LogP contribution in [0.3, 0.4) is 0 Å². The smallest absolute Gasteiger partial charge is 0.0618 e. The largest absolute Gasteiger partial charge is 0.312 e. The highest BCUT2D eigenvalue weighted by Crippen LogP contribution is 2.51. The number of benzene rings is 7. The fourth-order valence-corrected chi connectivity index (χ4v) is 11.7. The quantitative estimate of drug-likeness (QED) is 0.168. The average Bonchev–Trinajstić information content (AvgIpc) is 4.10. The average molecular weight is 831 g/mol. The van der Waals surface area contributed by atoms with Crippen molar-refractivity contribution in [3.05, 3.63) is 156 Å². The molecule has 0 atom stereocenters. The third kappa shape index (κ3) is 4.84. The van der Waals surface area contributed by atoms with Crippen LogP contribution >= 0.6 is 0 Å². The zero-order chi connectivity index (χ0) is 43.9. The summed E-state index contributed by atoms with van der Waals surface area (Å²) in [6.07, 6.45) is 0. The molecule has 13 rings (SSSR count). The Kier molecular flexibility index (Phi) is 7.36. The van der Waals surface area contributed by atoms with Crippen molar-refractivity contribution in [3.8, 4) is 11.4 Å². The molecule has 0 spiro atoms. The van der Waals surface area contributed by atoms with Crippen LogP contribution in [-0.2, 0) is 10.8 Å². The fourth-order valence-electron chi connectivity index (χ4n) is 11.7. The Morgan fingerprint density at radius 2 is 0.781 bits per heavy atom. The predicted octanol–water partition coefficient (Wildman–Crippen LogP) is 16.7. The van der Waals surface area contributed by atoms with Crippen molar-refractivity contribution in [3.63, 3.8) is 0 Å². The van der Waals surface area contributed by atoms with Crippen LogP contribution in [0.25, 0.3) is 109 Å². The van der Waals surface area contributed by atoms with Crippen LogP contribution in [0.1, 0.15) is 104 Å². The molecule has 0 aliphatic carbocycles. The van der Waals surface area contributed by atoms with Gasteiger partial charge < -0.3 is 17.9 Å². The highest BCUT2D eigenvalue weighted by Gasteiger charge is 2.31. The third-order valence-electron chi connectivity index (χ3n) is 14.7. The first kappa shape index (κ1) is 37.7. The molecule has 0 saturated carbocycles. The van der Waals surface area contributed by atoms with Gasteiger partial charge in [0.05, 0.1) is 44.1 Å². The van der Waals surface area contributed by atoms with Gasteiger partial charge in [0, 0.05) is 87.5 Å². The Morgan fingerprint density at radius 1 is 0.359 bits per heavy atom. The SMILES string of the molecule is CC(C)c1cccc(-n2c3ccccc3c3c4c5cc6c7c8c9ccccc9n(-c9cccc(C(C)C)c9)c8cc8cc(C(C)(C)C)n(c6cc5n5c(C(C)(C)C)cc(cc32)c45)c87)c1. The van der Waals surface area contributed by atoms with Crippen molar-refractivity contribution < 1.29 is 0 Å². The van der Waals surface area contributed by atoms with E-state index in [1.54, 1.807) is 0 Å². The predicted molar refractivity (Wildman–Crippen MR) is 275 cm³/mol. The van der Waals surface area contributed by atoms with Crippen molar-refractivity contribution in [2.45, 2.75) is 91.9 Å². The lowest BCUT2D eigenvalue weighted by Crippen LogP contribution is -2.14. The molecule has 13 aromatic rings. The van der Waals surface area contributed by atoms with E-state index in [1.807, 2.05) is 0 Å². The first-order valence-electron chi connectivity index (χ1n) is 23.3. The summed E-state index contributed by atoms with van der Waals surface area (Å²) in [5.74, 6) is 0.868. The molecule has 0 unspecified atom stereocenters.